The van der Waals surface area contributed by atoms with Gasteiger partial charge in [0.25, 0.3) is 0 Å². The molecule has 0 amide bonds. The first-order valence-electron chi connectivity index (χ1n) is 7.82. The van der Waals surface area contributed by atoms with Gasteiger partial charge in [-0.3, -0.25) is 0 Å². The van der Waals surface area contributed by atoms with E-state index in [9.17, 15) is 8.42 Å². The van der Waals surface area contributed by atoms with E-state index in [1.165, 1.54) is 12.8 Å². The molecule has 1 aromatic rings. The van der Waals surface area contributed by atoms with Crippen LogP contribution in [0.1, 0.15) is 38.2 Å². The van der Waals surface area contributed by atoms with E-state index in [2.05, 4.69) is 12.2 Å². The fourth-order valence-electron chi connectivity index (χ4n) is 3.08. The Labute approximate surface area is 128 Å². The molecule has 1 heterocycles. The second kappa shape index (κ2) is 7.38. The van der Waals surface area contributed by atoms with Crippen molar-refractivity contribution in [2.45, 2.75) is 44.0 Å². The lowest BCUT2D eigenvalue weighted by Gasteiger charge is -2.31. The molecule has 1 aliphatic heterocycles. The summed E-state index contributed by atoms with van der Waals surface area (Å²) in [4.78, 5) is 0.452. The van der Waals surface area contributed by atoms with E-state index in [0.717, 1.165) is 18.4 Å². The zero-order chi connectivity index (χ0) is 15.3. The lowest BCUT2D eigenvalue weighted by molar-refractivity contribution is 0.262. The van der Waals surface area contributed by atoms with Crippen LogP contribution in [0.15, 0.2) is 29.2 Å². The Morgan fingerprint density at radius 1 is 1.24 bits per heavy atom. The Balaban J connectivity index is 2.16. The maximum absolute atomic E-state index is 12.8. The minimum absolute atomic E-state index is 0.452. The number of sulfonamides is 1. The van der Waals surface area contributed by atoms with Crippen molar-refractivity contribution in [3.63, 3.8) is 0 Å². The molecule has 0 atom stereocenters. The van der Waals surface area contributed by atoms with Crippen molar-refractivity contribution < 1.29 is 8.42 Å². The van der Waals surface area contributed by atoms with E-state index < -0.39 is 10.0 Å². The second-order valence-corrected chi connectivity index (χ2v) is 7.68. The number of nitrogens with zero attached hydrogens (tertiary/aromatic N) is 1. The molecule has 5 heteroatoms. The quantitative estimate of drug-likeness (QED) is 0.878. The molecule has 21 heavy (non-hydrogen) atoms. The van der Waals surface area contributed by atoms with Crippen LogP contribution < -0.4 is 5.32 Å². The third-order valence-corrected chi connectivity index (χ3v) is 6.23. The third-order valence-electron chi connectivity index (χ3n) is 4.23. The van der Waals surface area contributed by atoms with Gasteiger partial charge in [0.2, 0.25) is 10.0 Å². The van der Waals surface area contributed by atoms with Gasteiger partial charge >= 0.3 is 0 Å². The molecule has 0 spiro atoms. The Bertz CT molecular complexity index is 549. The van der Waals surface area contributed by atoms with Gasteiger partial charge < -0.3 is 5.32 Å². The van der Waals surface area contributed by atoms with Crippen molar-refractivity contribution in [1.29, 1.82) is 0 Å². The number of hydrogen-bond acceptors (Lipinski definition) is 3. The smallest absolute Gasteiger partial charge is 0.243 e. The standard InChI is InChI=1S/C16H26N2O2S/c1-3-6-14-9-11-18(12-10-14)21(19,20)16-8-5-4-7-15(16)13-17-2/h4-5,7-8,14,17H,3,6,9-13H2,1-2H3. The predicted octanol–water partition coefficient (Wildman–Crippen LogP) is 2.61. The van der Waals surface area contributed by atoms with E-state index in [1.807, 2.05) is 19.2 Å². The topological polar surface area (TPSA) is 49.4 Å². The molecular formula is C16H26N2O2S. The first-order valence-corrected chi connectivity index (χ1v) is 9.26. The first-order chi connectivity index (χ1) is 10.1. The van der Waals surface area contributed by atoms with Gasteiger partial charge in [0, 0.05) is 19.6 Å². The molecule has 0 saturated carbocycles. The van der Waals surface area contributed by atoms with Crippen LogP contribution in [0.3, 0.4) is 0 Å². The molecule has 118 valence electrons. The summed E-state index contributed by atoms with van der Waals surface area (Å²) in [6.07, 6.45) is 4.37. The van der Waals surface area contributed by atoms with Crippen molar-refractivity contribution in [2.24, 2.45) is 5.92 Å². The Kier molecular flexibility index (Phi) is 5.79. The SMILES string of the molecule is CCCC1CCN(S(=O)(=O)c2ccccc2CNC)CC1. The Hall–Kier alpha value is -0.910. The van der Waals surface area contributed by atoms with Crippen LogP contribution in [-0.2, 0) is 16.6 Å². The van der Waals surface area contributed by atoms with Crippen molar-refractivity contribution in [1.82, 2.24) is 9.62 Å². The minimum atomic E-state index is -3.36. The van der Waals surface area contributed by atoms with E-state index in [1.54, 1.807) is 16.4 Å². The number of benzene rings is 1. The van der Waals surface area contributed by atoms with Crippen LogP contribution in [-0.4, -0.2) is 32.9 Å². The summed E-state index contributed by atoms with van der Waals surface area (Å²) < 4.78 is 27.4. The van der Waals surface area contributed by atoms with E-state index >= 15 is 0 Å². The summed E-state index contributed by atoms with van der Waals surface area (Å²) in [6, 6.07) is 7.29. The third kappa shape index (κ3) is 3.84. The molecule has 1 aliphatic rings. The molecule has 0 bridgehead atoms. The molecule has 2 rings (SSSR count). The zero-order valence-electron chi connectivity index (χ0n) is 13.0. The van der Waals surface area contributed by atoms with Gasteiger partial charge in [-0.15, -0.1) is 0 Å². The van der Waals surface area contributed by atoms with Crippen LogP contribution >= 0.6 is 0 Å². The molecule has 1 saturated heterocycles. The van der Waals surface area contributed by atoms with Crippen LogP contribution in [0.4, 0.5) is 0 Å². The normalized spacial score (nSPS) is 18.0. The molecule has 1 fully saturated rings. The molecule has 1 N–H and O–H groups in total. The van der Waals surface area contributed by atoms with Crippen molar-refractivity contribution >= 4 is 10.0 Å². The number of piperidine rings is 1. The highest BCUT2D eigenvalue weighted by Crippen LogP contribution is 2.27. The second-order valence-electron chi connectivity index (χ2n) is 5.77. The molecule has 0 aromatic heterocycles. The van der Waals surface area contributed by atoms with Gasteiger partial charge in [-0.2, -0.15) is 4.31 Å². The van der Waals surface area contributed by atoms with Crippen molar-refractivity contribution in [3.05, 3.63) is 29.8 Å². The van der Waals surface area contributed by atoms with Gasteiger partial charge in [-0.1, -0.05) is 38.0 Å². The summed E-state index contributed by atoms with van der Waals surface area (Å²) in [5.41, 5.74) is 0.843. The van der Waals surface area contributed by atoms with Crippen LogP contribution in [0.2, 0.25) is 0 Å². The molecular weight excluding hydrogens is 284 g/mol. The monoisotopic (exact) mass is 310 g/mol. The van der Waals surface area contributed by atoms with Gasteiger partial charge in [0.15, 0.2) is 0 Å². The largest absolute Gasteiger partial charge is 0.316 e. The summed E-state index contributed by atoms with van der Waals surface area (Å²) >= 11 is 0. The van der Waals surface area contributed by atoms with Crippen LogP contribution in [0.5, 0.6) is 0 Å². The van der Waals surface area contributed by atoms with Gasteiger partial charge in [-0.25, -0.2) is 8.42 Å². The van der Waals surface area contributed by atoms with E-state index in [0.29, 0.717) is 30.4 Å². The minimum Gasteiger partial charge on any atom is -0.316 e. The van der Waals surface area contributed by atoms with Gasteiger partial charge in [-0.05, 0) is 37.4 Å². The number of rotatable bonds is 6. The summed E-state index contributed by atoms with van der Waals surface area (Å²) in [7, 11) is -1.53. The first kappa shape index (κ1) is 16.5. The highest BCUT2D eigenvalue weighted by atomic mass is 32.2. The average Bonchev–Trinajstić information content (AvgIpc) is 2.49. The van der Waals surface area contributed by atoms with Crippen molar-refractivity contribution in [2.75, 3.05) is 20.1 Å². The molecule has 4 nitrogen and oxygen atoms in total. The summed E-state index contributed by atoms with van der Waals surface area (Å²) in [5, 5.41) is 3.04. The fourth-order valence-corrected chi connectivity index (χ4v) is 4.77. The molecule has 1 aromatic carbocycles. The number of hydrogen-bond donors (Lipinski definition) is 1. The summed E-state index contributed by atoms with van der Waals surface area (Å²) in [5.74, 6) is 0.689. The van der Waals surface area contributed by atoms with Crippen LogP contribution in [0.25, 0.3) is 0 Å². The maximum Gasteiger partial charge on any atom is 0.243 e. The van der Waals surface area contributed by atoms with Gasteiger partial charge in [0.05, 0.1) is 4.90 Å². The average molecular weight is 310 g/mol. The highest BCUT2D eigenvalue weighted by Gasteiger charge is 2.30. The Morgan fingerprint density at radius 3 is 2.52 bits per heavy atom. The predicted molar refractivity (Wildman–Crippen MR) is 85.6 cm³/mol. The van der Waals surface area contributed by atoms with E-state index in [-0.39, 0.29) is 0 Å². The Morgan fingerprint density at radius 2 is 1.90 bits per heavy atom. The zero-order valence-corrected chi connectivity index (χ0v) is 13.8. The van der Waals surface area contributed by atoms with E-state index in [4.69, 9.17) is 0 Å². The summed E-state index contributed by atoms with van der Waals surface area (Å²) in [6.45, 7) is 4.07. The molecule has 0 aliphatic carbocycles. The van der Waals surface area contributed by atoms with Crippen LogP contribution in [0, 0.1) is 5.92 Å². The maximum atomic E-state index is 12.8. The van der Waals surface area contributed by atoms with Gasteiger partial charge in [0.1, 0.15) is 0 Å². The lowest BCUT2D eigenvalue weighted by atomic mass is 9.94. The van der Waals surface area contributed by atoms with Crippen molar-refractivity contribution in [3.8, 4) is 0 Å². The molecule has 0 unspecified atom stereocenters. The number of nitrogens with one attached hydrogen (secondary N) is 1. The molecule has 0 radical (unpaired) electrons. The fraction of sp³-hybridized carbons (Fsp3) is 0.625. The highest BCUT2D eigenvalue weighted by molar-refractivity contribution is 7.89. The lowest BCUT2D eigenvalue weighted by Crippen LogP contribution is -2.38.